The number of fused-ring (bicyclic) bond motifs is 1. The molecule has 0 radical (unpaired) electrons. The average molecular weight is 553 g/mol. The molecule has 1 spiro atoms. The Balaban J connectivity index is 1.13. The van der Waals surface area contributed by atoms with E-state index in [1.165, 1.54) is 22.1 Å². The summed E-state index contributed by atoms with van der Waals surface area (Å²) in [5, 5.41) is 13.5. The third-order valence-corrected chi connectivity index (χ3v) is 7.67. The normalized spacial score (nSPS) is 17.3. The van der Waals surface area contributed by atoms with Crippen molar-refractivity contribution < 1.29 is 9.59 Å². The lowest BCUT2D eigenvalue weighted by atomic mass is 9.89. The maximum absolute atomic E-state index is 12.8. The smallest absolute Gasteiger partial charge is 0.317 e. The number of nitrogen functional groups attached to an aromatic ring is 1. The van der Waals surface area contributed by atoms with E-state index in [2.05, 4.69) is 67.2 Å². The standard InChI is InChI=1S/C26H33ClN10O2/c1-14-10-15(2)18-16(12-31-17(18)11-14)4-7-30-25(39)37-8-5-26(6-9-37)13-32-24(36-26)35-23(38)19-22(29-3)34-21(28)20(27)33-19/h10-12,31H,4-9,13H2,1-3H3,(H,30,39)(H3,28,29,34)(H2,32,35,36,38). The zero-order valence-corrected chi connectivity index (χ0v) is 23.0. The zero-order valence-electron chi connectivity index (χ0n) is 22.2. The predicted molar refractivity (Wildman–Crippen MR) is 152 cm³/mol. The number of aryl methyl sites for hydroxylation is 2. The maximum Gasteiger partial charge on any atom is 0.317 e. The van der Waals surface area contributed by atoms with Crippen molar-refractivity contribution in [1.82, 2.24) is 35.8 Å². The van der Waals surface area contributed by atoms with Crippen LogP contribution in [0.3, 0.4) is 0 Å². The lowest BCUT2D eigenvalue weighted by molar-refractivity contribution is 0.0998. The highest BCUT2D eigenvalue weighted by Gasteiger charge is 2.40. The summed E-state index contributed by atoms with van der Waals surface area (Å²) in [4.78, 5) is 43.0. The number of rotatable bonds is 5. The van der Waals surface area contributed by atoms with Crippen molar-refractivity contribution in [3.05, 3.63) is 45.9 Å². The molecule has 1 aromatic carbocycles. The van der Waals surface area contributed by atoms with Crippen LogP contribution >= 0.6 is 11.6 Å². The second-order valence-corrected chi connectivity index (χ2v) is 10.5. The molecule has 2 saturated heterocycles. The number of likely N-dealkylation sites (tertiary alicyclic amines) is 1. The molecule has 7 N–H and O–H groups in total. The maximum atomic E-state index is 12.8. The fourth-order valence-corrected chi connectivity index (χ4v) is 5.49. The fourth-order valence-electron chi connectivity index (χ4n) is 5.36. The van der Waals surface area contributed by atoms with Gasteiger partial charge in [-0.3, -0.25) is 4.79 Å². The number of halogens is 1. The number of anilines is 2. The van der Waals surface area contributed by atoms with E-state index < -0.39 is 5.91 Å². The van der Waals surface area contributed by atoms with Gasteiger partial charge in [-0.05, 0) is 55.9 Å². The molecule has 0 unspecified atom stereocenters. The molecule has 2 aliphatic rings. The van der Waals surface area contributed by atoms with Gasteiger partial charge >= 0.3 is 11.9 Å². The number of amides is 3. The molecule has 12 nitrogen and oxygen atoms in total. The largest absolute Gasteiger partial charge is 0.381 e. The van der Waals surface area contributed by atoms with Crippen molar-refractivity contribution in [1.29, 1.82) is 0 Å². The number of benzene rings is 1. The number of aromatic amines is 1. The highest BCUT2D eigenvalue weighted by Crippen LogP contribution is 2.26. The van der Waals surface area contributed by atoms with Gasteiger partial charge in [0.15, 0.2) is 28.4 Å². The molecule has 0 aliphatic carbocycles. The van der Waals surface area contributed by atoms with Crippen molar-refractivity contribution in [3.63, 3.8) is 0 Å². The molecule has 13 heteroatoms. The van der Waals surface area contributed by atoms with E-state index >= 15 is 0 Å². The molecule has 5 rings (SSSR count). The third-order valence-electron chi connectivity index (χ3n) is 7.39. The van der Waals surface area contributed by atoms with Gasteiger partial charge < -0.3 is 36.9 Å². The highest BCUT2D eigenvalue weighted by molar-refractivity contribution is 6.31. The van der Waals surface area contributed by atoms with Gasteiger partial charge in [0.05, 0.1) is 5.54 Å². The molecular formula is C26H33ClN10O2. The van der Waals surface area contributed by atoms with Gasteiger partial charge in [0.25, 0.3) is 0 Å². The highest BCUT2D eigenvalue weighted by atomic mass is 35.5. The Morgan fingerprint density at radius 2 is 2.00 bits per heavy atom. The predicted octanol–water partition coefficient (Wildman–Crippen LogP) is 2.33. The van der Waals surface area contributed by atoms with Crippen molar-refractivity contribution in [2.75, 3.05) is 44.3 Å². The van der Waals surface area contributed by atoms with Crippen molar-refractivity contribution in [2.24, 2.45) is 4.99 Å². The monoisotopic (exact) mass is 552 g/mol. The lowest BCUT2D eigenvalue weighted by Crippen LogP contribution is -2.55. The van der Waals surface area contributed by atoms with Crippen LogP contribution in [0.4, 0.5) is 16.4 Å². The van der Waals surface area contributed by atoms with Crippen LogP contribution in [0.2, 0.25) is 5.15 Å². The molecule has 39 heavy (non-hydrogen) atoms. The number of carbonyl (C=O) groups excluding carboxylic acids is 2. The minimum absolute atomic E-state index is 0.0156. The van der Waals surface area contributed by atoms with Gasteiger partial charge in [-0.15, -0.1) is 0 Å². The molecule has 206 valence electrons. The fraction of sp³-hybridized carbons (Fsp3) is 0.423. The number of hydrogen-bond donors (Lipinski definition) is 6. The summed E-state index contributed by atoms with van der Waals surface area (Å²) in [6, 6.07) is 4.26. The molecule has 3 amide bonds. The summed E-state index contributed by atoms with van der Waals surface area (Å²) in [5.74, 6) is -0.00881. The van der Waals surface area contributed by atoms with Gasteiger partial charge in [-0.1, -0.05) is 17.7 Å². The number of nitrogens with one attached hydrogen (secondary N) is 5. The first kappa shape index (κ1) is 26.5. The van der Waals surface area contributed by atoms with Crippen molar-refractivity contribution in [2.45, 2.75) is 38.6 Å². The summed E-state index contributed by atoms with van der Waals surface area (Å²) in [6.07, 6.45) is 4.23. The first-order chi connectivity index (χ1) is 18.7. The molecule has 0 bridgehead atoms. The second-order valence-electron chi connectivity index (χ2n) is 10.2. The number of piperidine rings is 1. The summed E-state index contributed by atoms with van der Waals surface area (Å²) in [7, 11) is 1.61. The molecule has 2 aromatic heterocycles. The number of nitrogens with zero attached hydrogens (tertiary/aromatic N) is 4. The van der Waals surface area contributed by atoms with Crippen LogP contribution in [0.25, 0.3) is 10.9 Å². The number of H-pyrrole nitrogens is 1. The van der Waals surface area contributed by atoms with E-state index in [1.54, 1.807) is 7.05 Å². The van der Waals surface area contributed by atoms with Crippen molar-refractivity contribution >= 4 is 52.0 Å². The number of carbonyl (C=O) groups is 2. The lowest BCUT2D eigenvalue weighted by Gasteiger charge is -2.38. The Morgan fingerprint density at radius 3 is 2.74 bits per heavy atom. The van der Waals surface area contributed by atoms with Gasteiger partial charge in [0.2, 0.25) is 0 Å². The number of urea groups is 1. The first-order valence-electron chi connectivity index (χ1n) is 12.9. The van der Waals surface area contributed by atoms with E-state index in [9.17, 15) is 9.59 Å². The Hall–Kier alpha value is -4.06. The SMILES string of the molecule is CNc1nc(N)c(Cl)nc1C(=O)/N=C1\NCC2(CCN(C(=O)NCCc3c[nH]c4cc(C)cc(C)c34)CC2)N1. The summed E-state index contributed by atoms with van der Waals surface area (Å²) < 4.78 is 0. The quantitative estimate of drug-likeness (QED) is 0.280. The molecule has 0 saturated carbocycles. The van der Waals surface area contributed by atoms with Gasteiger partial charge in [0.1, 0.15) is 0 Å². The second kappa shape index (κ2) is 10.6. The Morgan fingerprint density at radius 1 is 1.23 bits per heavy atom. The van der Waals surface area contributed by atoms with Crippen molar-refractivity contribution in [3.8, 4) is 0 Å². The molecular weight excluding hydrogens is 520 g/mol. The first-order valence-corrected chi connectivity index (χ1v) is 13.3. The third kappa shape index (κ3) is 5.42. The van der Waals surface area contributed by atoms with Crippen LogP contribution in [0, 0.1) is 13.8 Å². The molecule has 2 fully saturated rings. The van der Waals surface area contributed by atoms with Crippen LogP contribution in [0.1, 0.15) is 40.0 Å². The van der Waals surface area contributed by atoms with Crippen LogP contribution in [-0.2, 0) is 6.42 Å². The van der Waals surface area contributed by atoms with E-state index in [0.717, 1.165) is 24.8 Å². The molecule has 4 heterocycles. The van der Waals surface area contributed by atoms with E-state index in [4.69, 9.17) is 17.3 Å². The minimum Gasteiger partial charge on any atom is -0.381 e. The van der Waals surface area contributed by atoms with Crippen LogP contribution in [0.5, 0.6) is 0 Å². The van der Waals surface area contributed by atoms with Gasteiger partial charge in [-0.25, -0.2) is 14.8 Å². The Kier molecular flexibility index (Phi) is 7.21. The number of aliphatic imine (C=N–C) groups is 1. The van der Waals surface area contributed by atoms with E-state index in [1.807, 2.05) is 11.1 Å². The molecule has 0 atom stereocenters. The average Bonchev–Trinajstić information content (AvgIpc) is 3.49. The Labute approximate surface area is 231 Å². The van der Waals surface area contributed by atoms with E-state index in [-0.39, 0.29) is 34.1 Å². The molecule has 3 aromatic rings. The zero-order chi connectivity index (χ0) is 27.7. The number of nitrogens with two attached hydrogens (primary N) is 1. The van der Waals surface area contributed by atoms with Gasteiger partial charge in [0, 0.05) is 50.3 Å². The number of guanidine groups is 1. The van der Waals surface area contributed by atoms with Gasteiger partial charge in [-0.2, -0.15) is 4.99 Å². The minimum atomic E-state index is -0.599. The molecule has 2 aliphatic heterocycles. The topological polar surface area (TPSA) is 165 Å². The van der Waals surface area contributed by atoms with Crippen LogP contribution in [0.15, 0.2) is 23.3 Å². The summed E-state index contributed by atoms with van der Waals surface area (Å²) in [5.41, 5.74) is 10.2. The Bertz CT molecular complexity index is 1460. The number of hydrogen-bond acceptors (Lipinski definition) is 6. The number of aromatic nitrogens is 3. The van der Waals surface area contributed by atoms with Crippen LogP contribution < -0.4 is 27.0 Å². The van der Waals surface area contributed by atoms with Crippen LogP contribution in [-0.4, -0.2) is 76.5 Å². The van der Waals surface area contributed by atoms with E-state index in [0.29, 0.717) is 32.1 Å². The summed E-state index contributed by atoms with van der Waals surface area (Å²) >= 11 is 5.95. The summed E-state index contributed by atoms with van der Waals surface area (Å²) in [6.45, 7) is 6.56.